The van der Waals surface area contributed by atoms with E-state index in [0.717, 1.165) is 38.5 Å². The monoisotopic (exact) mass is 1210 g/mol. The number of aliphatic hydroxyl groups is 17. The maximum atomic E-state index is 12.4. The molecule has 0 amide bonds. The van der Waals surface area contributed by atoms with E-state index in [4.69, 9.17) is 52.1 Å². The lowest BCUT2D eigenvalue weighted by atomic mass is 9.44. The first-order chi connectivity index (χ1) is 39.8. The quantitative estimate of drug-likeness (QED) is 0.0604. The summed E-state index contributed by atoms with van der Waals surface area (Å²) in [5, 5.41) is 182. The van der Waals surface area contributed by atoms with Gasteiger partial charge in [0.2, 0.25) is 0 Å². The van der Waals surface area contributed by atoms with Crippen molar-refractivity contribution in [2.24, 2.45) is 46.3 Å². The Kier molecular flexibility index (Phi) is 20.2. The molecule has 28 nitrogen and oxygen atoms in total. The Labute approximate surface area is 486 Å². The van der Waals surface area contributed by atoms with Gasteiger partial charge in [-0.05, 0) is 111 Å². The van der Waals surface area contributed by atoms with Gasteiger partial charge < -0.3 is 139 Å². The zero-order valence-corrected chi connectivity index (χ0v) is 47.8. The molecule has 0 bridgehead atoms. The summed E-state index contributed by atoms with van der Waals surface area (Å²) in [5.74, 6) is 1.61. The van der Waals surface area contributed by atoms with E-state index in [1.54, 1.807) is 0 Å². The fourth-order valence-corrected chi connectivity index (χ4v) is 16.5. The third-order valence-electron chi connectivity index (χ3n) is 21.2. The highest BCUT2D eigenvalue weighted by Gasteiger charge is 2.69. The molecule has 6 saturated heterocycles. The van der Waals surface area contributed by atoms with Crippen LogP contribution in [0, 0.1) is 46.3 Å². The van der Waals surface area contributed by atoms with E-state index in [1.807, 2.05) is 19.9 Å². The van der Waals surface area contributed by atoms with E-state index in [-0.39, 0.29) is 41.3 Å². The van der Waals surface area contributed by atoms with Gasteiger partial charge in [0.25, 0.3) is 0 Å². The van der Waals surface area contributed by atoms with Crippen molar-refractivity contribution >= 4 is 0 Å². The van der Waals surface area contributed by atoms with E-state index < -0.39 is 192 Å². The molecule has 84 heavy (non-hydrogen) atoms. The fraction of sp³-hybridized carbons (Fsp3) is 0.964. The number of allylic oxidation sites excluding steroid dienone is 1. The van der Waals surface area contributed by atoms with Gasteiger partial charge in [-0.15, -0.1) is 0 Å². The Bertz CT molecular complexity index is 2200. The molecule has 28 heteroatoms. The molecule has 0 aromatic carbocycles. The topological polar surface area (TPSA) is 445 Å². The Morgan fingerprint density at radius 3 is 1.74 bits per heavy atom. The lowest BCUT2D eigenvalue weighted by molar-refractivity contribution is -0.404. The maximum absolute atomic E-state index is 12.4. The van der Waals surface area contributed by atoms with E-state index >= 15 is 0 Å². The zero-order valence-electron chi connectivity index (χ0n) is 47.8. The number of rotatable bonds is 17. The molecular weight excluding hydrogens is 1120 g/mol. The summed E-state index contributed by atoms with van der Waals surface area (Å²) < 4.78 is 65.8. The summed E-state index contributed by atoms with van der Waals surface area (Å²) in [6.45, 7) is 4.92. The van der Waals surface area contributed by atoms with Crippen molar-refractivity contribution in [3.63, 3.8) is 0 Å². The molecule has 0 radical (unpaired) electrons. The molecular formula is C56H92O28. The normalized spacial score (nSPS) is 54.9. The summed E-state index contributed by atoms with van der Waals surface area (Å²) in [7, 11) is 0. The molecule has 4 aliphatic carbocycles. The lowest BCUT2D eigenvalue weighted by Gasteiger charge is -2.61. The summed E-state index contributed by atoms with van der Waals surface area (Å²) in [5.41, 5.74) is -1.49. The highest BCUT2D eigenvalue weighted by atomic mass is 16.8. The number of ether oxygens (including phenoxy) is 11. The minimum absolute atomic E-state index is 0.0553. The van der Waals surface area contributed by atoms with Crippen molar-refractivity contribution in [3.05, 3.63) is 11.8 Å². The molecule has 0 spiro atoms. The second kappa shape index (κ2) is 26.0. The van der Waals surface area contributed by atoms with Crippen LogP contribution in [0.25, 0.3) is 0 Å². The van der Waals surface area contributed by atoms with Gasteiger partial charge in [0, 0.05) is 5.92 Å². The predicted octanol–water partition coefficient (Wildman–Crippen LogP) is -5.57. The van der Waals surface area contributed by atoms with E-state index in [9.17, 15) is 86.8 Å². The molecule has 0 unspecified atom stereocenters. The molecule has 0 aromatic heterocycles. The van der Waals surface area contributed by atoms with Crippen molar-refractivity contribution in [2.45, 2.75) is 251 Å². The second-order valence-electron chi connectivity index (χ2n) is 26.4. The van der Waals surface area contributed by atoms with Crippen LogP contribution in [-0.2, 0) is 52.1 Å². The zero-order chi connectivity index (χ0) is 60.6. The van der Waals surface area contributed by atoms with E-state index in [1.165, 1.54) is 0 Å². The highest BCUT2D eigenvalue weighted by Crippen LogP contribution is 2.71. The van der Waals surface area contributed by atoms with Crippen LogP contribution in [0.3, 0.4) is 0 Å². The third kappa shape index (κ3) is 11.9. The molecule has 6 heterocycles. The van der Waals surface area contributed by atoms with Gasteiger partial charge in [-0.1, -0.05) is 20.8 Å². The Morgan fingerprint density at radius 1 is 0.524 bits per heavy atom. The van der Waals surface area contributed by atoms with Crippen LogP contribution in [0.4, 0.5) is 0 Å². The molecule has 10 rings (SSSR count). The van der Waals surface area contributed by atoms with Crippen molar-refractivity contribution in [2.75, 3.05) is 39.6 Å². The van der Waals surface area contributed by atoms with Crippen LogP contribution in [0.15, 0.2) is 11.8 Å². The molecule has 10 fully saturated rings. The Morgan fingerprint density at radius 2 is 1.07 bits per heavy atom. The second-order valence-corrected chi connectivity index (χ2v) is 26.4. The summed E-state index contributed by atoms with van der Waals surface area (Å²) in [4.78, 5) is 0. The van der Waals surface area contributed by atoms with Crippen LogP contribution in [0.5, 0.6) is 0 Å². The van der Waals surface area contributed by atoms with Gasteiger partial charge in [-0.25, -0.2) is 0 Å². The van der Waals surface area contributed by atoms with E-state index in [2.05, 4.69) is 13.8 Å². The fourth-order valence-electron chi connectivity index (χ4n) is 16.5. The average Bonchev–Trinajstić information content (AvgIpc) is 2.08. The van der Waals surface area contributed by atoms with Gasteiger partial charge >= 0.3 is 0 Å². The first-order valence-electron chi connectivity index (χ1n) is 30.0. The number of hydrogen-bond acceptors (Lipinski definition) is 28. The van der Waals surface area contributed by atoms with Crippen molar-refractivity contribution in [1.82, 2.24) is 0 Å². The number of fused-ring (bicyclic) bond motifs is 7. The first-order valence-corrected chi connectivity index (χ1v) is 30.0. The van der Waals surface area contributed by atoms with Crippen LogP contribution in [-0.4, -0.2) is 292 Å². The molecule has 10 aliphatic rings. The molecule has 0 aromatic rings. The average molecular weight is 1210 g/mol. The standard InChI is InChI=1S/C56H92O28/c1-21(19-74-49-42(70)38(66)35(63)29(15-57)78-49)5-8-33-56(4,73)48-28(77-33)14-26-24-7-6-22-13-23(9-11-54(22,2)25(24)10-12-55(26,48)3)76-51-44(72)40(68)45(32(18-60)81-51)82-53-47(84-52-43(71)39(67)36(64)30(16-58)79-52)46(37(65)31(17-59)80-53)83-50-41(69)34(62)27(61)20-75-50/h8,21-32,34-53,57-73H,5-7,9-20H2,1-4H3/b33-8-/t21-,22+,23+,24-,25+,26+,27-,28+,29-,30-,31-,32-,34+,35-,36+,37-,38+,39+,40-,41-,42-,43-,44-,45+,46+,47-,48+,49-,50+,51-,52+,53+,54+,55+,56-/m1/s1. The SMILES string of the molecule is C[C@H](C/C=C1\O[C@H]2C[C@H]3[C@@H]4CC[C@H]5C[C@@H](O[C@@H]6O[C@H](CO)[C@H](O[C@@H]7O[C@H](CO)[C@@H](O)[C@H](O[C@@H]8OC[C@@H](O)[C@H](O)[C@H]8O)[C@H]7O[C@@H]7O[C@H](CO)[C@H](O)[C@H](O)[C@H]7O)[C@H](O)[C@H]6O)CC[C@]5(C)[C@H]4CC[C@]3(C)[C@H]2[C@]1(C)O)CO[C@@H]1O[C@H](CO)[C@@H](O)[C@H](O)[C@H]1O. The number of aliphatic hydroxyl groups excluding tert-OH is 16. The lowest BCUT2D eigenvalue weighted by Crippen LogP contribution is -2.68. The van der Waals surface area contributed by atoms with Gasteiger partial charge in [-0.2, -0.15) is 0 Å². The molecule has 484 valence electrons. The first kappa shape index (κ1) is 65.4. The third-order valence-corrected chi connectivity index (χ3v) is 21.2. The molecule has 6 aliphatic heterocycles. The molecule has 35 atom stereocenters. The molecule has 17 N–H and O–H groups in total. The summed E-state index contributed by atoms with van der Waals surface area (Å²) in [6, 6.07) is 0. The minimum atomic E-state index is -2.03. The van der Waals surface area contributed by atoms with Crippen molar-refractivity contribution < 1.29 is 139 Å². The van der Waals surface area contributed by atoms with E-state index in [0.29, 0.717) is 42.8 Å². The van der Waals surface area contributed by atoms with Crippen molar-refractivity contribution in [3.8, 4) is 0 Å². The summed E-state index contributed by atoms with van der Waals surface area (Å²) >= 11 is 0. The number of hydrogen-bond donors (Lipinski definition) is 17. The van der Waals surface area contributed by atoms with Crippen LogP contribution in [0.2, 0.25) is 0 Å². The van der Waals surface area contributed by atoms with Gasteiger partial charge in [0.15, 0.2) is 31.5 Å². The van der Waals surface area contributed by atoms with Crippen LogP contribution < -0.4 is 0 Å². The summed E-state index contributed by atoms with van der Waals surface area (Å²) in [6.07, 6.45) is -32.1. The Hall–Kier alpha value is -1.54. The van der Waals surface area contributed by atoms with Gasteiger partial charge in [-0.3, -0.25) is 0 Å². The highest BCUT2D eigenvalue weighted by molar-refractivity contribution is 5.26. The predicted molar refractivity (Wildman–Crippen MR) is 278 cm³/mol. The molecule has 4 saturated carbocycles. The van der Waals surface area contributed by atoms with Crippen LogP contribution in [0.1, 0.15) is 85.5 Å². The smallest absolute Gasteiger partial charge is 0.187 e. The maximum Gasteiger partial charge on any atom is 0.187 e. The van der Waals surface area contributed by atoms with Gasteiger partial charge in [0.1, 0.15) is 133 Å². The van der Waals surface area contributed by atoms with Crippen molar-refractivity contribution in [1.29, 1.82) is 0 Å². The largest absolute Gasteiger partial charge is 0.492 e. The van der Waals surface area contributed by atoms with Crippen LogP contribution >= 0.6 is 0 Å². The Balaban J connectivity index is 0.769. The van der Waals surface area contributed by atoms with Gasteiger partial charge in [0.05, 0.1) is 45.7 Å². The minimum Gasteiger partial charge on any atom is -0.492 e.